The van der Waals surface area contributed by atoms with Crippen molar-refractivity contribution in [3.8, 4) is 0 Å². The highest BCUT2D eigenvalue weighted by Crippen LogP contribution is 2.26. The Kier molecular flexibility index (Phi) is 6.53. The molecule has 116 valence electrons. The fourth-order valence-electron chi connectivity index (χ4n) is 2.21. The largest absolute Gasteiger partial charge is 0.478 e. The van der Waals surface area contributed by atoms with Gasteiger partial charge in [-0.25, -0.2) is 13.6 Å². The maximum absolute atomic E-state index is 14.7. The quantitative estimate of drug-likeness (QED) is 0.528. The van der Waals surface area contributed by atoms with Crippen LogP contribution in [0.25, 0.3) is 0 Å². The van der Waals surface area contributed by atoms with Crippen LogP contribution in [0, 0.1) is 0 Å². The number of rotatable bonds is 9. The second-order valence-electron chi connectivity index (χ2n) is 5.44. The van der Waals surface area contributed by atoms with Gasteiger partial charge in [0.2, 0.25) is 0 Å². The fourth-order valence-corrected chi connectivity index (χ4v) is 2.21. The van der Waals surface area contributed by atoms with Gasteiger partial charge in [-0.1, -0.05) is 31.2 Å². The molecule has 0 saturated carbocycles. The van der Waals surface area contributed by atoms with Crippen LogP contribution in [0.1, 0.15) is 48.5 Å². The summed E-state index contributed by atoms with van der Waals surface area (Å²) >= 11 is 0. The van der Waals surface area contributed by atoms with Gasteiger partial charge in [0.15, 0.2) is 0 Å². The first kappa shape index (κ1) is 17.3. The number of hydrogen-bond donors (Lipinski definition) is 1. The van der Waals surface area contributed by atoms with Crippen molar-refractivity contribution in [1.29, 1.82) is 0 Å². The Bertz CT molecular complexity index is 468. The van der Waals surface area contributed by atoms with Gasteiger partial charge in [-0.15, -0.1) is 0 Å². The predicted octanol–water partition coefficient (Wildman–Crippen LogP) is 4.74. The molecule has 0 saturated heterocycles. The van der Waals surface area contributed by atoms with Gasteiger partial charge in [-0.2, -0.15) is 0 Å². The Morgan fingerprint density at radius 2 is 2.00 bits per heavy atom. The molecule has 21 heavy (non-hydrogen) atoms. The minimum absolute atomic E-state index is 0.154. The highest BCUT2D eigenvalue weighted by Gasteiger charge is 2.25. The van der Waals surface area contributed by atoms with E-state index >= 15 is 0 Å². The molecule has 1 rings (SSSR count). The van der Waals surface area contributed by atoms with Gasteiger partial charge in [-0.05, 0) is 43.9 Å². The lowest BCUT2D eigenvalue weighted by molar-refractivity contribution is 0.0697. The molecule has 0 aliphatic carbocycles. The van der Waals surface area contributed by atoms with E-state index in [0.29, 0.717) is 25.7 Å². The molecule has 0 heterocycles. The number of carbonyl (C=O) groups is 1. The Morgan fingerprint density at radius 3 is 2.48 bits per heavy atom. The van der Waals surface area contributed by atoms with Crippen LogP contribution in [-0.4, -0.2) is 22.9 Å². The molecule has 1 aromatic carbocycles. The summed E-state index contributed by atoms with van der Waals surface area (Å²) in [4.78, 5) is 10.8. The molecule has 0 aliphatic heterocycles. The third-order valence-electron chi connectivity index (χ3n) is 3.51. The van der Waals surface area contributed by atoms with Crippen molar-refractivity contribution in [2.45, 2.75) is 50.9 Å². The standard InChI is InChI=1S/C17H22F2O2/c1-3-17(19,11-5-4-6-13(2)18)12-14-7-9-15(10-8-14)16(20)21/h3,7-10,13H,1,4-6,11-12H2,2H3,(H,20,21). The predicted molar refractivity (Wildman–Crippen MR) is 80.2 cm³/mol. The number of unbranched alkanes of at least 4 members (excludes halogenated alkanes) is 1. The molecule has 0 amide bonds. The minimum Gasteiger partial charge on any atom is -0.478 e. The number of allylic oxidation sites excluding steroid dienone is 1. The van der Waals surface area contributed by atoms with Crippen LogP contribution in [0.2, 0.25) is 0 Å². The van der Waals surface area contributed by atoms with Gasteiger partial charge in [0.05, 0.1) is 11.7 Å². The molecule has 1 aromatic rings. The monoisotopic (exact) mass is 296 g/mol. The van der Waals surface area contributed by atoms with E-state index < -0.39 is 17.8 Å². The summed E-state index contributed by atoms with van der Waals surface area (Å²) in [5, 5.41) is 8.82. The molecule has 2 unspecified atom stereocenters. The first-order chi connectivity index (χ1) is 9.86. The molecule has 2 nitrogen and oxygen atoms in total. The van der Waals surface area contributed by atoms with Gasteiger partial charge in [0.25, 0.3) is 0 Å². The molecule has 0 aromatic heterocycles. The third-order valence-corrected chi connectivity index (χ3v) is 3.51. The maximum Gasteiger partial charge on any atom is 0.335 e. The molecule has 1 N–H and O–H groups in total. The summed E-state index contributed by atoms with van der Waals surface area (Å²) in [6.07, 6.45) is 2.58. The van der Waals surface area contributed by atoms with E-state index in [4.69, 9.17) is 5.11 Å². The van der Waals surface area contributed by atoms with E-state index in [0.717, 1.165) is 5.56 Å². The average molecular weight is 296 g/mol. The van der Waals surface area contributed by atoms with Gasteiger partial charge in [0.1, 0.15) is 5.67 Å². The van der Waals surface area contributed by atoms with Crippen molar-refractivity contribution in [3.05, 3.63) is 48.0 Å². The Morgan fingerprint density at radius 1 is 1.38 bits per heavy atom. The maximum atomic E-state index is 14.7. The molecule has 0 radical (unpaired) electrons. The smallest absolute Gasteiger partial charge is 0.335 e. The third kappa shape index (κ3) is 6.06. The molecular formula is C17H22F2O2. The molecule has 4 heteroatoms. The van der Waals surface area contributed by atoms with E-state index in [2.05, 4.69) is 6.58 Å². The summed E-state index contributed by atoms with van der Waals surface area (Å²) in [6.45, 7) is 5.05. The van der Waals surface area contributed by atoms with Gasteiger partial charge in [-0.3, -0.25) is 0 Å². The van der Waals surface area contributed by atoms with Gasteiger partial charge in [0, 0.05) is 6.42 Å². The molecule has 0 aliphatic rings. The van der Waals surface area contributed by atoms with Crippen molar-refractivity contribution in [2.75, 3.05) is 0 Å². The van der Waals surface area contributed by atoms with Gasteiger partial charge < -0.3 is 5.11 Å². The lowest BCUT2D eigenvalue weighted by Gasteiger charge is -2.21. The van der Waals surface area contributed by atoms with Crippen LogP contribution in [-0.2, 0) is 6.42 Å². The fraction of sp³-hybridized carbons (Fsp3) is 0.471. The molecule has 0 spiro atoms. The van der Waals surface area contributed by atoms with E-state index in [1.165, 1.54) is 25.1 Å². The number of benzene rings is 1. The Balaban J connectivity index is 2.58. The number of aromatic carboxylic acids is 1. The zero-order valence-corrected chi connectivity index (χ0v) is 12.3. The first-order valence-corrected chi connectivity index (χ1v) is 7.15. The number of halogens is 2. The number of carboxylic acids is 1. The second kappa shape index (κ2) is 7.91. The van der Waals surface area contributed by atoms with Crippen molar-refractivity contribution in [3.63, 3.8) is 0 Å². The second-order valence-corrected chi connectivity index (χ2v) is 5.44. The van der Waals surface area contributed by atoms with Crippen LogP contribution in [0.3, 0.4) is 0 Å². The van der Waals surface area contributed by atoms with Crippen molar-refractivity contribution in [1.82, 2.24) is 0 Å². The van der Waals surface area contributed by atoms with E-state index in [1.54, 1.807) is 12.1 Å². The average Bonchev–Trinajstić information content (AvgIpc) is 2.44. The number of hydrogen-bond acceptors (Lipinski definition) is 1. The van der Waals surface area contributed by atoms with Crippen molar-refractivity contribution < 1.29 is 18.7 Å². The van der Waals surface area contributed by atoms with E-state index in [9.17, 15) is 13.6 Å². The molecule has 0 bridgehead atoms. The van der Waals surface area contributed by atoms with Crippen LogP contribution in [0.15, 0.2) is 36.9 Å². The normalized spacial score (nSPS) is 15.2. The Labute approximate surface area is 124 Å². The molecule has 2 atom stereocenters. The van der Waals surface area contributed by atoms with Crippen LogP contribution in [0.5, 0.6) is 0 Å². The van der Waals surface area contributed by atoms with Crippen molar-refractivity contribution >= 4 is 5.97 Å². The highest BCUT2D eigenvalue weighted by atomic mass is 19.1. The lowest BCUT2D eigenvalue weighted by atomic mass is 9.90. The topological polar surface area (TPSA) is 37.3 Å². The summed E-state index contributed by atoms with van der Waals surface area (Å²) in [5.74, 6) is -1.00. The minimum atomic E-state index is -1.54. The SMILES string of the molecule is C=CC(F)(CCCCC(C)F)Cc1ccc(C(=O)O)cc1. The van der Waals surface area contributed by atoms with Gasteiger partial charge >= 0.3 is 5.97 Å². The van der Waals surface area contributed by atoms with Crippen LogP contribution < -0.4 is 0 Å². The molecular weight excluding hydrogens is 274 g/mol. The molecule has 0 fully saturated rings. The van der Waals surface area contributed by atoms with E-state index in [-0.39, 0.29) is 12.0 Å². The lowest BCUT2D eigenvalue weighted by Crippen LogP contribution is -2.23. The Hall–Kier alpha value is -1.71. The summed E-state index contributed by atoms with van der Waals surface area (Å²) in [7, 11) is 0. The van der Waals surface area contributed by atoms with Crippen LogP contribution >= 0.6 is 0 Å². The zero-order valence-electron chi connectivity index (χ0n) is 12.3. The summed E-state index contributed by atoms with van der Waals surface area (Å²) in [5.41, 5.74) is -0.635. The first-order valence-electron chi connectivity index (χ1n) is 7.15. The van der Waals surface area contributed by atoms with Crippen LogP contribution in [0.4, 0.5) is 8.78 Å². The zero-order chi connectivity index (χ0) is 15.9. The van der Waals surface area contributed by atoms with Crippen molar-refractivity contribution in [2.24, 2.45) is 0 Å². The number of alkyl halides is 2. The number of carboxylic acid groups (broad SMARTS) is 1. The summed E-state index contributed by atoms with van der Waals surface area (Å²) in [6, 6.07) is 6.16. The summed E-state index contributed by atoms with van der Waals surface area (Å²) < 4.78 is 27.4. The van der Waals surface area contributed by atoms with E-state index in [1.807, 2.05) is 0 Å². The highest BCUT2D eigenvalue weighted by molar-refractivity contribution is 5.87.